The van der Waals surface area contributed by atoms with Gasteiger partial charge in [-0.3, -0.25) is 9.89 Å². The van der Waals surface area contributed by atoms with Crippen molar-refractivity contribution in [2.75, 3.05) is 25.9 Å². The predicted molar refractivity (Wildman–Crippen MR) is 84.3 cm³/mol. The van der Waals surface area contributed by atoms with Gasteiger partial charge in [0.25, 0.3) is 5.91 Å². The fraction of sp³-hybridized carbons (Fsp3) is 0.733. The van der Waals surface area contributed by atoms with Crippen molar-refractivity contribution in [2.45, 2.75) is 51.5 Å². The van der Waals surface area contributed by atoms with Crippen LogP contribution in [-0.4, -0.2) is 47.2 Å². The third-order valence-electron chi connectivity index (χ3n) is 4.32. The summed E-state index contributed by atoms with van der Waals surface area (Å²) >= 11 is 0. The Labute approximate surface area is 126 Å². The number of hydrogen-bond acceptors (Lipinski definition) is 4. The van der Waals surface area contributed by atoms with Crippen LogP contribution in [0.2, 0.25) is 0 Å². The summed E-state index contributed by atoms with van der Waals surface area (Å²) < 4.78 is 0. The lowest BCUT2D eigenvalue weighted by Crippen LogP contribution is -2.37. The van der Waals surface area contributed by atoms with E-state index in [1.807, 2.05) is 13.8 Å². The summed E-state index contributed by atoms with van der Waals surface area (Å²) in [6.07, 6.45) is 5.19. The van der Waals surface area contributed by atoms with Gasteiger partial charge < -0.3 is 16.0 Å². The molecular formula is C15H27N5O. The number of rotatable bonds is 6. The Bertz CT molecular complexity index is 476. The molecule has 0 bridgehead atoms. The van der Waals surface area contributed by atoms with E-state index in [0.717, 1.165) is 12.2 Å². The fourth-order valence-electron chi connectivity index (χ4n) is 2.93. The predicted octanol–water partition coefficient (Wildman–Crippen LogP) is 1.72. The molecule has 1 aromatic heterocycles. The van der Waals surface area contributed by atoms with E-state index in [-0.39, 0.29) is 11.8 Å². The summed E-state index contributed by atoms with van der Waals surface area (Å²) in [6, 6.07) is 0.671. The first-order valence-corrected chi connectivity index (χ1v) is 7.83. The average Bonchev–Trinajstić information content (AvgIpc) is 3.07. The van der Waals surface area contributed by atoms with E-state index < -0.39 is 0 Å². The number of nitrogens with two attached hydrogens (primary N) is 1. The third kappa shape index (κ3) is 3.75. The molecule has 6 nitrogen and oxygen atoms in total. The minimum absolute atomic E-state index is 0.199. The van der Waals surface area contributed by atoms with E-state index in [1.165, 1.54) is 25.7 Å². The maximum atomic E-state index is 12.1. The van der Waals surface area contributed by atoms with Gasteiger partial charge in [0.15, 0.2) is 5.69 Å². The highest BCUT2D eigenvalue weighted by Gasteiger charge is 2.21. The highest BCUT2D eigenvalue weighted by Crippen LogP contribution is 2.22. The molecule has 0 saturated heterocycles. The molecule has 0 spiro atoms. The van der Waals surface area contributed by atoms with Gasteiger partial charge in [-0.1, -0.05) is 26.7 Å². The molecule has 0 radical (unpaired) electrons. The lowest BCUT2D eigenvalue weighted by molar-refractivity contribution is 0.0943. The molecule has 4 N–H and O–H groups in total. The van der Waals surface area contributed by atoms with E-state index in [4.69, 9.17) is 5.73 Å². The largest absolute Gasteiger partial charge is 0.395 e. The molecule has 1 aromatic rings. The third-order valence-corrected chi connectivity index (χ3v) is 4.32. The molecule has 1 heterocycles. The number of amides is 1. The Morgan fingerprint density at radius 1 is 1.48 bits per heavy atom. The van der Waals surface area contributed by atoms with Crippen LogP contribution in [0.4, 0.5) is 5.69 Å². The summed E-state index contributed by atoms with van der Waals surface area (Å²) in [5, 5.41) is 9.79. The molecule has 0 aliphatic heterocycles. The maximum Gasteiger partial charge on any atom is 0.273 e. The first-order chi connectivity index (χ1) is 10.0. The van der Waals surface area contributed by atoms with Gasteiger partial charge in [-0.2, -0.15) is 5.10 Å². The summed E-state index contributed by atoms with van der Waals surface area (Å²) in [4.78, 5) is 14.4. The van der Waals surface area contributed by atoms with E-state index >= 15 is 0 Å². The van der Waals surface area contributed by atoms with Gasteiger partial charge in [-0.25, -0.2) is 0 Å². The van der Waals surface area contributed by atoms with Gasteiger partial charge in [-0.15, -0.1) is 0 Å². The molecule has 6 heteroatoms. The van der Waals surface area contributed by atoms with Crippen molar-refractivity contribution in [2.24, 2.45) is 0 Å². The van der Waals surface area contributed by atoms with Gasteiger partial charge in [0, 0.05) is 19.1 Å². The standard InChI is InChI=1S/C15H27N5O/c1-10(2)13-12(16)14(19-18-13)15(21)17-8-9-20(3)11-6-4-5-7-11/h10-11H,4-9,16H2,1-3H3,(H,17,21)(H,18,19). The molecule has 118 valence electrons. The lowest BCUT2D eigenvalue weighted by atomic mass is 10.1. The molecule has 1 aliphatic carbocycles. The molecule has 1 saturated carbocycles. The number of anilines is 1. The van der Waals surface area contributed by atoms with Crippen LogP contribution in [-0.2, 0) is 0 Å². The molecule has 1 amide bonds. The average molecular weight is 293 g/mol. The van der Waals surface area contributed by atoms with Crippen LogP contribution < -0.4 is 11.1 Å². The number of aromatic amines is 1. The molecule has 1 fully saturated rings. The van der Waals surface area contributed by atoms with Crippen molar-refractivity contribution in [1.29, 1.82) is 0 Å². The summed E-state index contributed by atoms with van der Waals surface area (Å²) in [7, 11) is 2.13. The van der Waals surface area contributed by atoms with Crippen LogP contribution in [0.15, 0.2) is 0 Å². The van der Waals surface area contributed by atoms with Crippen LogP contribution in [0, 0.1) is 0 Å². The Hall–Kier alpha value is -1.56. The van der Waals surface area contributed by atoms with Gasteiger partial charge in [0.05, 0.1) is 11.4 Å². The van der Waals surface area contributed by atoms with Gasteiger partial charge in [0.2, 0.25) is 0 Å². The summed E-state index contributed by atoms with van der Waals surface area (Å²) in [5.41, 5.74) is 7.57. The number of carbonyl (C=O) groups is 1. The Balaban J connectivity index is 1.81. The number of nitrogens with zero attached hydrogens (tertiary/aromatic N) is 2. The number of hydrogen-bond donors (Lipinski definition) is 3. The molecule has 21 heavy (non-hydrogen) atoms. The number of H-pyrrole nitrogens is 1. The molecule has 2 rings (SSSR count). The van der Waals surface area contributed by atoms with Gasteiger partial charge >= 0.3 is 0 Å². The number of nitrogen functional groups attached to an aromatic ring is 1. The number of aromatic nitrogens is 2. The van der Waals surface area contributed by atoms with Crippen molar-refractivity contribution in [3.8, 4) is 0 Å². The van der Waals surface area contributed by atoms with Crippen LogP contribution >= 0.6 is 0 Å². The van der Waals surface area contributed by atoms with Crippen molar-refractivity contribution < 1.29 is 4.79 Å². The topological polar surface area (TPSA) is 87.0 Å². The quantitative estimate of drug-likeness (QED) is 0.745. The van der Waals surface area contributed by atoms with Crippen molar-refractivity contribution in [3.63, 3.8) is 0 Å². The second-order valence-electron chi connectivity index (χ2n) is 6.23. The normalized spacial score (nSPS) is 16.0. The lowest BCUT2D eigenvalue weighted by Gasteiger charge is -2.23. The molecular weight excluding hydrogens is 266 g/mol. The Morgan fingerprint density at radius 3 is 2.71 bits per heavy atom. The van der Waals surface area contributed by atoms with Crippen LogP contribution in [0.5, 0.6) is 0 Å². The van der Waals surface area contributed by atoms with Gasteiger partial charge in [-0.05, 0) is 25.8 Å². The number of likely N-dealkylation sites (N-methyl/N-ethyl adjacent to an activating group) is 1. The zero-order valence-corrected chi connectivity index (χ0v) is 13.3. The second-order valence-corrected chi connectivity index (χ2v) is 6.23. The first-order valence-electron chi connectivity index (χ1n) is 7.83. The molecule has 0 unspecified atom stereocenters. The fourth-order valence-corrected chi connectivity index (χ4v) is 2.93. The zero-order valence-electron chi connectivity index (χ0n) is 13.3. The van der Waals surface area contributed by atoms with Crippen molar-refractivity contribution >= 4 is 11.6 Å². The maximum absolute atomic E-state index is 12.1. The molecule has 1 aliphatic rings. The highest BCUT2D eigenvalue weighted by atomic mass is 16.1. The van der Waals surface area contributed by atoms with Crippen molar-refractivity contribution in [3.05, 3.63) is 11.4 Å². The number of nitrogens with one attached hydrogen (secondary N) is 2. The zero-order chi connectivity index (χ0) is 15.4. The molecule has 0 aromatic carbocycles. The van der Waals surface area contributed by atoms with Gasteiger partial charge in [0.1, 0.15) is 0 Å². The van der Waals surface area contributed by atoms with Crippen LogP contribution in [0.3, 0.4) is 0 Å². The number of carbonyl (C=O) groups excluding carboxylic acids is 1. The smallest absolute Gasteiger partial charge is 0.273 e. The monoisotopic (exact) mass is 293 g/mol. The highest BCUT2D eigenvalue weighted by molar-refractivity contribution is 5.97. The first kappa shape index (κ1) is 15.8. The van der Waals surface area contributed by atoms with Crippen LogP contribution in [0.1, 0.15) is 61.6 Å². The molecule has 0 atom stereocenters. The van der Waals surface area contributed by atoms with E-state index in [1.54, 1.807) is 0 Å². The second kappa shape index (κ2) is 6.93. The minimum atomic E-state index is -0.199. The summed E-state index contributed by atoms with van der Waals surface area (Å²) in [6.45, 7) is 5.51. The van der Waals surface area contributed by atoms with E-state index in [0.29, 0.717) is 24.0 Å². The van der Waals surface area contributed by atoms with E-state index in [2.05, 4.69) is 27.5 Å². The van der Waals surface area contributed by atoms with E-state index in [9.17, 15) is 4.79 Å². The SMILES string of the molecule is CC(C)c1[nH]nc(C(=O)NCCN(C)C2CCCC2)c1N. The Morgan fingerprint density at radius 2 is 2.14 bits per heavy atom. The van der Waals surface area contributed by atoms with Crippen molar-refractivity contribution in [1.82, 2.24) is 20.4 Å². The van der Waals surface area contributed by atoms with Crippen LogP contribution in [0.25, 0.3) is 0 Å². The summed E-state index contributed by atoms with van der Waals surface area (Å²) in [5.74, 6) is 0.0306. The minimum Gasteiger partial charge on any atom is -0.395 e. The Kier molecular flexibility index (Phi) is 5.22.